The molecule has 1 saturated carbocycles. The summed E-state index contributed by atoms with van der Waals surface area (Å²) in [5.74, 6) is 1.74. The highest BCUT2D eigenvalue weighted by Crippen LogP contribution is 2.41. The van der Waals surface area contributed by atoms with Crippen molar-refractivity contribution in [3.8, 4) is 0 Å². The van der Waals surface area contributed by atoms with E-state index in [0.717, 1.165) is 62.8 Å². The molecule has 1 aromatic rings. The molecular formula is C20H28N4O2. The number of rotatable bonds is 4. The molecule has 0 aromatic carbocycles. The van der Waals surface area contributed by atoms with Gasteiger partial charge in [-0.3, -0.25) is 9.78 Å². The molecule has 0 spiro atoms. The number of urea groups is 1. The first-order valence-electron chi connectivity index (χ1n) is 9.95. The number of likely N-dealkylation sites (tertiary alicyclic amines) is 2. The fraction of sp³-hybridized carbons (Fsp3) is 0.650. The maximum absolute atomic E-state index is 12.8. The van der Waals surface area contributed by atoms with Gasteiger partial charge in [0.1, 0.15) is 6.04 Å². The van der Waals surface area contributed by atoms with Crippen LogP contribution in [0.5, 0.6) is 0 Å². The van der Waals surface area contributed by atoms with Gasteiger partial charge in [0.2, 0.25) is 5.91 Å². The Morgan fingerprint density at radius 1 is 1.08 bits per heavy atom. The van der Waals surface area contributed by atoms with Gasteiger partial charge in [0.05, 0.1) is 12.2 Å². The van der Waals surface area contributed by atoms with Crippen LogP contribution in [0.3, 0.4) is 0 Å². The van der Waals surface area contributed by atoms with E-state index < -0.39 is 6.04 Å². The van der Waals surface area contributed by atoms with E-state index in [9.17, 15) is 9.59 Å². The summed E-state index contributed by atoms with van der Waals surface area (Å²) in [6.07, 6.45) is 8.35. The van der Waals surface area contributed by atoms with Gasteiger partial charge in [-0.2, -0.15) is 0 Å². The highest BCUT2D eigenvalue weighted by Gasteiger charge is 2.36. The van der Waals surface area contributed by atoms with Crippen LogP contribution in [0.25, 0.3) is 0 Å². The molecule has 6 heteroatoms. The third kappa shape index (κ3) is 4.00. The number of aromatic nitrogens is 1. The molecule has 3 aliphatic rings. The van der Waals surface area contributed by atoms with Crippen LogP contribution in [-0.2, 0) is 11.3 Å². The average molecular weight is 356 g/mol. The third-order valence-corrected chi connectivity index (χ3v) is 6.02. The summed E-state index contributed by atoms with van der Waals surface area (Å²) in [6.45, 7) is 2.89. The lowest BCUT2D eigenvalue weighted by atomic mass is 9.92. The predicted octanol–water partition coefficient (Wildman–Crippen LogP) is 2.40. The number of piperidine rings is 2. The maximum Gasteiger partial charge on any atom is 0.318 e. The Hall–Kier alpha value is -2.11. The standard InChI is InChI=1S/C20H28N4O2/c25-19-18(5-3-11-24(19)14-17-4-1-2-10-21-17)22-20(26)23-12-8-16(9-13-23)15-6-7-15/h1-2,4,10,15-16,18H,3,5-9,11-14H2,(H,22,26). The maximum atomic E-state index is 12.8. The fourth-order valence-electron chi connectivity index (χ4n) is 4.30. The zero-order chi connectivity index (χ0) is 17.9. The van der Waals surface area contributed by atoms with E-state index in [4.69, 9.17) is 0 Å². The molecule has 3 amide bonds. The zero-order valence-corrected chi connectivity index (χ0v) is 15.3. The van der Waals surface area contributed by atoms with Crippen LogP contribution in [-0.4, -0.2) is 52.4 Å². The van der Waals surface area contributed by atoms with Gasteiger partial charge in [0.25, 0.3) is 0 Å². The number of carbonyl (C=O) groups is 2. The van der Waals surface area contributed by atoms with Crippen LogP contribution < -0.4 is 5.32 Å². The van der Waals surface area contributed by atoms with Gasteiger partial charge in [-0.1, -0.05) is 6.07 Å². The largest absolute Gasteiger partial charge is 0.335 e. The minimum absolute atomic E-state index is 0.0168. The second-order valence-electron chi connectivity index (χ2n) is 7.89. The van der Waals surface area contributed by atoms with Gasteiger partial charge < -0.3 is 15.1 Å². The van der Waals surface area contributed by atoms with Crippen LogP contribution in [0.4, 0.5) is 4.79 Å². The highest BCUT2D eigenvalue weighted by atomic mass is 16.2. The minimum Gasteiger partial charge on any atom is -0.335 e. The topological polar surface area (TPSA) is 65.5 Å². The minimum atomic E-state index is -0.402. The molecule has 0 radical (unpaired) electrons. The van der Waals surface area contributed by atoms with Crippen LogP contribution in [0.15, 0.2) is 24.4 Å². The van der Waals surface area contributed by atoms with Crippen molar-refractivity contribution in [3.63, 3.8) is 0 Å². The Bertz CT molecular complexity index is 638. The summed E-state index contributed by atoms with van der Waals surface area (Å²) in [7, 11) is 0. The predicted molar refractivity (Wildman–Crippen MR) is 98.2 cm³/mol. The Morgan fingerprint density at radius 2 is 1.85 bits per heavy atom. The van der Waals surface area contributed by atoms with Gasteiger partial charge in [-0.15, -0.1) is 0 Å². The Morgan fingerprint density at radius 3 is 2.54 bits per heavy atom. The van der Waals surface area contributed by atoms with Crippen LogP contribution in [0.1, 0.15) is 44.2 Å². The van der Waals surface area contributed by atoms with Crippen molar-refractivity contribution >= 4 is 11.9 Å². The first-order chi connectivity index (χ1) is 12.7. The van der Waals surface area contributed by atoms with Crippen molar-refractivity contribution < 1.29 is 9.59 Å². The van der Waals surface area contributed by atoms with E-state index >= 15 is 0 Å². The van der Waals surface area contributed by atoms with Crippen molar-refractivity contribution in [3.05, 3.63) is 30.1 Å². The second-order valence-corrected chi connectivity index (χ2v) is 7.89. The van der Waals surface area contributed by atoms with E-state index in [1.165, 1.54) is 12.8 Å². The number of amides is 3. The molecule has 2 saturated heterocycles. The molecule has 3 fully saturated rings. The lowest BCUT2D eigenvalue weighted by Crippen LogP contribution is -2.55. The van der Waals surface area contributed by atoms with Crippen molar-refractivity contribution in [2.45, 2.75) is 51.1 Å². The molecule has 1 aliphatic carbocycles. The Balaban J connectivity index is 1.29. The van der Waals surface area contributed by atoms with Crippen LogP contribution >= 0.6 is 0 Å². The molecule has 1 aromatic heterocycles. The molecule has 3 heterocycles. The van der Waals surface area contributed by atoms with E-state index in [1.807, 2.05) is 28.0 Å². The van der Waals surface area contributed by atoms with E-state index in [-0.39, 0.29) is 11.9 Å². The van der Waals surface area contributed by atoms with Gasteiger partial charge in [-0.05, 0) is 62.5 Å². The molecule has 2 aliphatic heterocycles. The van der Waals surface area contributed by atoms with Crippen molar-refractivity contribution in [1.82, 2.24) is 20.1 Å². The molecule has 1 unspecified atom stereocenters. The van der Waals surface area contributed by atoms with Crippen molar-refractivity contribution in [2.24, 2.45) is 11.8 Å². The number of nitrogens with zero attached hydrogens (tertiary/aromatic N) is 3. The van der Waals surface area contributed by atoms with Crippen molar-refractivity contribution in [2.75, 3.05) is 19.6 Å². The summed E-state index contributed by atoms with van der Waals surface area (Å²) < 4.78 is 0. The summed E-state index contributed by atoms with van der Waals surface area (Å²) in [5, 5.41) is 2.99. The SMILES string of the molecule is O=C(NC1CCCN(Cc2ccccn2)C1=O)N1CCC(C2CC2)CC1. The van der Waals surface area contributed by atoms with E-state index in [2.05, 4.69) is 10.3 Å². The number of pyridine rings is 1. The summed E-state index contributed by atoms with van der Waals surface area (Å²) in [5.41, 5.74) is 0.884. The zero-order valence-electron chi connectivity index (χ0n) is 15.3. The monoisotopic (exact) mass is 356 g/mol. The van der Waals surface area contributed by atoms with Gasteiger partial charge in [0.15, 0.2) is 0 Å². The quantitative estimate of drug-likeness (QED) is 0.901. The summed E-state index contributed by atoms with van der Waals surface area (Å²) in [4.78, 5) is 33.4. The molecule has 1 N–H and O–H groups in total. The molecule has 140 valence electrons. The van der Waals surface area contributed by atoms with E-state index in [1.54, 1.807) is 6.20 Å². The molecule has 0 bridgehead atoms. The highest BCUT2D eigenvalue weighted by molar-refractivity contribution is 5.87. The Labute approximate surface area is 155 Å². The third-order valence-electron chi connectivity index (χ3n) is 6.02. The molecule has 4 rings (SSSR count). The lowest BCUT2D eigenvalue weighted by Gasteiger charge is -2.36. The molecule has 1 atom stereocenters. The second kappa shape index (κ2) is 7.64. The lowest BCUT2D eigenvalue weighted by molar-refractivity contribution is -0.136. The number of hydrogen-bond acceptors (Lipinski definition) is 3. The normalized spacial score (nSPS) is 24.6. The Kier molecular flexibility index (Phi) is 5.09. The number of hydrogen-bond donors (Lipinski definition) is 1. The van der Waals surface area contributed by atoms with Gasteiger partial charge in [0, 0.05) is 25.8 Å². The first-order valence-corrected chi connectivity index (χ1v) is 9.95. The summed E-state index contributed by atoms with van der Waals surface area (Å²) >= 11 is 0. The molecule has 6 nitrogen and oxygen atoms in total. The molecular weight excluding hydrogens is 328 g/mol. The van der Waals surface area contributed by atoms with Crippen molar-refractivity contribution in [1.29, 1.82) is 0 Å². The first kappa shape index (κ1) is 17.3. The number of carbonyl (C=O) groups excluding carboxylic acids is 2. The van der Waals surface area contributed by atoms with Crippen LogP contribution in [0.2, 0.25) is 0 Å². The number of nitrogens with one attached hydrogen (secondary N) is 1. The van der Waals surface area contributed by atoms with E-state index in [0.29, 0.717) is 6.54 Å². The molecule has 26 heavy (non-hydrogen) atoms. The average Bonchev–Trinajstić information content (AvgIpc) is 3.51. The fourth-order valence-corrected chi connectivity index (χ4v) is 4.30. The summed E-state index contributed by atoms with van der Waals surface area (Å²) in [6, 6.07) is 5.26. The van der Waals surface area contributed by atoms with Gasteiger partial charge in [-0.25, -0.2) is 4.79 Å². The van der Waals surface area contributed by atoms with Gasteiger partial charge >= 0.3 is 6.03 Å². The van der Waals surface area contributed by atoms with Crippen LogP contribution in [0, 0.1) is 11.8 Å². The smallest absolute Gasteiger partial charge is 0.318 e.